The van der Waals surface area contributed by atoms with Crippen molar-refractivity contribution in [3.8, 4) is 0 Å². The van der Waals surface area contributed by atoms with Crippen molar-refractivity contribution in [3.63, 3.8) is 0 Å². The molecule has 38 valence electrons. The summed E-state index contributed by atoms with van der Waals surface area (Å²) in [6.07, 6.45) is 0. The largest absolute Gasteiger partial charge is 1.00 e. The average Bonchev–Trinajstić information content (AvgIpc) is 1.69. The third-order valence-electron chi connectivity index (χ3n) is 0.756. The van der Waals surface area contributed by atoms with Crippen molar-refractivity contribution in [2.75, 3.05) is 0 Å². The zero-order valence-electron chi connectivity index (χ0n) is 5.83. The summed E-state index contributed by atoms with van der Waals surface area (Å²) in [6, 6.07) is 9.79. The van der Waals surface area contributed by atoms with E-state index in [1.54, 1.807) is 0 Å². The Labute approximate surface area is 78.5 Å². The van der Waals surface area contributed by atoms with Gasteiger partial charge in [-0.3, -0.25) is 0 Å². The molecule has 0 fully saturated rings. The molecule has 0 saturated carbocycles. The molecule has 0 saturated heterocycles. The summed E-state index contributed by atoms with van der Waals surface area (Å²) in [5.74, 6) is 0. The Morgan fingerprint density at radius 3 is 1.88 bits per heavy atom. The predicted octanol–water partition coefficient (Wildman–Crippen LogP) is -0.908. The fourth-order valence-corrected chi connectivity index (χ4v) is 0.600. The first-order valence-electron chi connectivity index (χ1n) is 2.13. The Morgan fingerprint density at radius 1 is 1.12 bits per heavy atom. The van der Waals surface area contributed by atoms with Crippen LogP contribution < -0.4 is 29.6 Å². The molecule has 0 aliphatic rings. The molecule has 0 bridgehead atoms. The molecule has 0 aromatic heterocycles. The predicted molar refractivity (Wildman–Crippen MR) is 34.8 cm³/mol. The zero-order valence-corrected chi connectivity index (χ0v) is 7.73. The SMILES string of the molecule is Sc1ccccc1.[H-].[Na+]. The zero-order chi connectivity index (χ0) is 5.11. The first-order chi connectivity index (χ1) is 3.39. The van der Waals surface area contributed by atoms with Crippen molar-refractivity contribution in [1.29, 1.82) is 0 Å². The van der Waals surface area contributed by atoms with Crippen LogP contribution in [-0.2, 0) is 0 Å². The van der Waals surface area contributed by atoms with Gasteiger partial charge in [0.05, 0.1) is 0 Å². The van der Waals surface area contributed by atoms with Crippen LogP contribution in [0.25, 0.3) is 0 Å². The molecule has 0 unspecified atom stereocenters. The molecule has 2 heteroatoms. The molecule has 0 spiro atoms. The van der Waals surface area contributed by atoms with Crippen LogP contribution in [0.15, 0.2) is 35.2 Å². The van der Waals surface area contributed by atoms with Gasteiger partial charge in [0.2, 0.25) is 0 Å². The van der Waals surface area contributed by atoms with E-state index in [2.05, 4.69) is 12.6 Å². The molecule has 0 heterocycles. The minimum absolute atomic E-state index is 0. The fraction of sp³-hybridized carbons (Fsp3) is 0. The molecule has 0 atom stereocenters. The molecule has 1 aromatic carbocycles. The quantitative estimate of drug-likeness (QED) is 0.345. The van der Waals surface area contributed by atoms with Crippen LogP contribution >= 0.6 is 12.6 Å². The molecule has 1 aromatic rings. The molecule has 0 aliphatic heterocycles. The van der Waals surface area contributed by atoms with Crippen LogP contribution in [0.5, 0.6) is 0 Å². The van der Waals surface area contributed by atoms with Crippen LogP contribution in [0.2, 0.25) is 0 Å². The maximum Gasteiger partial charge on any atom is 1.00 e. The van der Waals surface area contributed by atoms with Gasteiger partial charge in [0.1, 0.15) is 0 Å². The van der Waals surface area contributed by atoms with Gasteiger partial charge in [-0.1, -0.05) is 18.2 Å². The number of thiol groups is 1. The van der Waals surface area contributed by atoms with Crippen LogP contribution in [0.4, 0.5) is 0 Å². The second-order valence-electron chi connectivity index (χ2n) is 1.34. The van der Waals surface area contributed by atoms with Crippen molar-refractivity contribution < 1.29 is 31.0 Å². The molecule has 0 radical (unpaired) electrons. The summed E-state index contributed by atoms with van der Waals surface area (Å²) < 4.78 is 0. The minimum atomic E-state index is 0. The summed E-state index contributed by atoms with van der Waals surface area (Å²) in [6.45, 7) is 0. The van der Waals surface area contributed by atoms with E-state index in [1.807, 2.05) is 30.3 Å². The third-order valence-corrected chi connectivity index (χ3v) is 1.05. The van der Waals surface area contributed by atoms with E-state index in [-0.39, 0.29) is 31.0 Å². The van der Waals surface area contributed by atoms with E-state index in [0.717, 1.165) is 4.90 Å². The molecule has 1 rings (SSSR count). The smallest absolute Gasteiger partial charge is 1.00 e. The Kier molecular flexibility index (Phi) is 4.77. The van der Waals surface area contributed by atoms with E-state index in [0.29, 0.717) is 0 Å². The van der Waals surface area contributed by atoms with E-state index in [9.17, 15) is 0 Å². The van der Waals surface area contributed by atoms with Crippen LogP contribution in [0, 0.1) is 0 Å². The van der Waals surface area contributed by atoms with E-state index < -0.39 is 0 Å². The molecule has 0 amide bonds. The summed E-state index contributed by atoms with van der Waals surface area (Å²) in [5, 5.41) is 0. The number of benzene rings is 1. The van der Waals surface area contributed by atoms with Gasteiger partial charge >= 0.3 is 29.6 Å². The van der Waals surface area contributed by atoms with E-state index in [1.165, 1.54) is 0 Å². The standard InChI is InChI=1S/C6H6S.Na.H/c7-6-4-2-1-3-5-6;;/h1-5,7H;;/q;+1;-1. The second kappa shape index (κ2) is 4.45. The van der Waals surface area contributed by atoms with E-state index in [4.69, 9.17) is 0 Å². The topological polar surface area (TPSA) is 0 Å². The van der Waals surface area contributed by atoms with Crippen LogP contribution in [0.3, 0.4) is 0 Å². The van der Waals surface area contributed by atoms with Gasteiger partial charge in [-0.2, -0.15) is 0 Å². The van der Waals surface area contributed by atoms with Gasteiger partial charge in [-0.15, -0.1) is 12.6 Å². The molecule has 0 aliphatic carbocycles. The Hall–Kier alpha value is 0.570. The number of hydrogen-bond donors (Lipinski definition) is 1. The maximum absolute atomic E-state index is 4.08. The minimum Gasteiger partial charge on any atom is -1.00 e. The number of rotatable bonds is 0. The summed E-state index contributed by atoms with van der Waals surface area (Å²) in [5.41, 5.74) is 0. The fourth-order valence-electron chi connectivity index (χ4n) is 0.428. The average molecular weight is 134 g/mol. The van der Waals surface area contributed by atoms with Gasteiger partial charge in [0.15, 0.2) is 0 Å². The molecular formula is C6H7NaS. The van der Waals surface area contributed by atoms with E-state index >= 15 is 0 Å². The van der Waals surface area contributed by atoms with Gasteiger partial charge < -0.3 is 1.43 Å². The van der Waals surface area contributed by atoms with Gasteiger partial charge in [0, 0.05) is 4.90 Å². The Balaban J connectivity index is 0. The van der Waals surface area contributed by atoms with Crippen LogP contribution in [0.1, 0.15) is 1.43 Å². The van der Waals surface area contributed by atoms with Crippen molar-refractivity contribution >= 4 is 12.6 Å². The second-order valence-corrected chi connectivity index (χ2v) is 1.85. The van der Waals surface area contributed by atoms with Crippen molar-refractivity contribution in [3.05, 3.63) is 30.3 Å². The summed E-state index contributed by atoms with van der Waals surface area (Å²) in [4.78, 5) is 1.02. The Morgan fingerprint density at radius 2 is 1.62 bits per heavy atom. The van der Waals surface area contributed by atoms with Gasteiger partial charge in [-0.05, 0) is 12.1 Å². The van der Waals surface area contributed by atoms with Crippen molar-refractivity contribution in [1.82, 2.24) is 0 Å². The number of hydrogen-bond acceptors (Lipinski definition) is 1. The molecule has 8 heavy (non-hydrogen) atoms. The first kappa shape index (κ1) is 8.57. The first-order valence-corrected chi connectivity index (χ1v) is 2.58. The van der Waals surface area contributed by atoms with Crippen LogP contribution in [-0.4, -0.2) is 0 Å². The van der Waals surface area contributed by atoms with Gasteiger partial charge in [0.25, 0.3) is 0 Å². The third kappa shape index (κ3) is 2.78. The Bertz CT molecular complexity index is 143. The molecule has 0 N–H and O–H groups in total. The maximum atomic E-state index is 4.08. The molecule has 0 nitrogen and oxygen atoms in total. The van der Waals surface area contributed by atoms with Crippen molar-refractivity contribution in [2.45, 2.75) is 4.90 Å². The molecular weight excluding hydrogens is 127 g/mol. The monoisotopic (exact) mass is 134 g/mol. The summed E-state index contributed by atoms with van der Waals surface area (Å²) in [7, 11) is 0. The summed E-state index contributed by atoms with van der Waals surface area (Å²) >= 11 is 4.08. The van der Waals surface area contributed by atoms with Gasteiger partial charge in [-0.25, -0.2) is 0 Å². The van der Waals surface area contributed by atoms with Crippen molar-refractivity contribution in [2.24, 2.45) is 0 Å². The normalized spacial score (nSPS) is 7.62.